The number of carbonyl (C=O) groups excluding carboxylic acids is 1. The van der Waals surface area contributed by atoms with Gasteiger partial charge < -0.3 is 14.8 Å². The summed E-state index contributed by atoms with van der Waals surface area (Å²) in [5, 5.41) is 2.95. The predicted octanol–water partition coefficient (Wildman–Crippen LogP) is 2.29. The number of aromatic nitrogens is 1. The maximum atomic E-state index is 13.3. The molecule has 2 aromatic rings. The average Bonchev–Trinajstić information content (AvgIpc) is 2.92. The monoisotopic (exact) mass is 386 g/mol. The number of urea groups is 1. The van der Waals surface area contributed by atoms with Gasteiger partial charge in [-0.1, -0.05) is 18.2 Å². The van der Waals surface area contributed by atoms with E-state index in [1.807, 2.05) is 17.0 Å². The molecule has 1 aliphatic heterocycles. The molecule has 1 fully saturated rings. The number of rotatable bonds is 6. The summed E-state index contributed by atoms with van der Waals surface area (Å²) in [7, 11) is 0. The van der Waals surface area contributed by atoms with E-state index in [4.69, 9.17) is 0 Å². The molecule has 0 radical (unpaired) electrons. The van der Waals surface area contributed by atoms with E-state index in [0.717, 1.165) is 25.1 Å². The Bertz CT molecular complexity index is 839. The Morgan fingerprint density at radius 1 is 1.07 bits per heavy atom. The van der Waals surface area contributed by atoms with E-state index in [1.54, 1.807) is 29.0 Å². The first-order valence-corrected chi connectivity index (χ1v) is 9.77. The number of benzene rings is 1. The molecule has 1 N–H and O–H groups in total. The second-order valence-electron chi connectivity index (χ2n) is 7.06. The van der Waals surface area contributed by atoms with Crippen LogP contribution in [0.25, 0.3) is 0 Å². The molecule has 1 saturated heterocycles. The minimum atomic E-state index is -0.217. The molecule has 3 rings (SSSR count). The number of aryl methyl sites for hydroxylation is 1. The molecule has 1 aromatic carbocycles. The second-order valence-corrected chi connectivity index (χ2v) is 7.06. The third-order valence-electron chi connectivity index (χ3n) is 4.92. The van der Waals surface area contributed by atoms with Crippen molar-refractivity contribution in [3.63, 3.8) is 0 Å². The van der Waals surface area contributed by atoms with E-state index in [0.29, 0.717) is 39.1 Å². The molecular weight excluding hydrogens is 359 g/mol. The summed E-state index contributed by atoms with van der Waals surface area (Å²) < 4.78 is 15.0. The zero-order valence-corrected chi connectivity index (χ0v) is 16.0. The van der Waals surface area contributed by atoms with E-state index < -0.39 is 0 Å². The first-order chi connectivity index (χ1) is 13.6. The Hall–Kier alpha value is -2.67. The van der Waals surface area contributed by atoms with Gasteiger partial charge in [0.15, 0.2) is 0 Å². The van der Waals surface area contributed by atoms with Gasteiger partial charge in [-0.05, 0) is 36.6 Å². The zero-order valence-electron chi connectivity index (χ0n) is 16.0. The highest BCUT2D eigenvalue weighted by Crippen LogP contribution is 2.10. The van der Waals surface area contributed by atoms with Gasteiger partial charge in [0.05, 0.1) is 0 Å². The van der Waals surface area contributed by atoms with Gasteiger partial charge in [-0.15, -0.1) is 0 Å². The van der Waals surface area contributed by atoms with Crippen molar-refractivity contribution in [1.29, 1.82) is 0 Å². The molecule has 0 atom stereocenters. The molecule has 1 aromatic heterocycles. The highest BCUT2D eigenvalue weighted by atomic mass is 19.1. The van der Waals surface area contributed by atoms with Crippen molar-refractivity contribution in [3.8, 4) is 0 Å². The third-order valence-corrected chi connectivity index (χ3v) is 4.92. The lowest BCUT2D eigenvalue weighted by molar-refractivity contribution is 0.197. The molecule has 6 nitrogen and oxygen atoms in total. The fourth-order valence-electron chi connectivity index (χ4n) is 3.43. The van der Waals surface area contributed by atoms with Crippen LogP contribution < -0.4 is 10.9 Å². The number of amides is 2. The summed E-state index contributed by atoms with van der Waals surface area (Å²) in [4.78, 5) is 28.2. The van der Waals surface area contributed by atoms with E-state index >= 15 is 0 Å². The van der Waals surface area contributed by atoms with Gasteiger partial charge in [-0.25, -0.2) is 9.18 Å². The van der Waals surface area contributed by atoms with Crippen LogP contribution in [0.1, 0.15) is 18.4 Å². The maximum Gasteiger partial charge on any atom is 0.317 e. The molecule has 1 aliphatic rings. The molecule has 0 bridgehead atoms. The van der Waals surface area contributed by atoms with Crippen molar-refractivity contribution >= 4 is 6.03 Å². The van der Waals surface area contributed by atoms with Gasteiger partial charge in [0.25, 0.3) is 0 Å². The molecule has 2 heterocycles. The maximum absolute atomic E-state index is 13.3. The van der Waals surface area contributed by atoms with Crippen molar-refractivity contribution in [2.45, 2.75) is 25.9 Å². The van der Waals surface area contributed by atoms with Crippen LogP contribution in [0.15, 0.2) is 53.5 Å². The van der Waals surface area contributed by atoms with Gasteiger partial charge >= 0.3 is 6.03 Å². The van der Waals surface area contributed by atoms with Crippen molar-refractivity contribution in [2.24, 2.45) is 0 Å². The summed E-state index contributed by atoms with van der Waals surface area (Å²) in [5.41, 5.74) is 0.925. The summed E-state index contributed by atoms with van der Waals surface area (Å²) >= 11 is 0. The Balaban J connectivity index is 1.40. The fraction of sp³-hybridized carbons (Fsp3) is 0.429. The van der Waals surface area contributed by atoms with Crippen LogP contribution in [0.2, 0.25) is 0 Å². The molecule has 0 unspecified atom stereocenters. The summed E-state index contributed by atoms with van der Waals surface area (Å²) in [5.74, 6) is -0.217. The van der Waals surface area contributed by atoms with Crippen LogP contribution in [0, 0.1) is 5.82 Å². The normalized spacial score (nSPS) is 15.2. The molecule has 2 amide bonds. The number of pyridine rings is 1. The molecule has 28 heavy (non-hydrogen) atoms. The largest absolute Gasteiger partial charge is 0.338 e. The van der Waals surface area contributed by atoms with Crippen LogP contribution in [0.4, 0.5) is 9.18 Å². The Kier molecular flexibility index (Phi) is 7.19. The van der Waals surface area contributed by atoms with Gasteiger partial charge in [-0.2, -0.15) is 0 Å². The minimum absolute atomic E-state index is 0.0280. The predicted molar refractivity (Wildman–Crippen MR) is 107 cm³/mol. The fourth-order valence-corrected chi connectivity index (χ4v) is 3.43. The molecule has 150 valence electrons. The van der Waals surface area contributed by atoms with Gasteiger partial charge in [0.1, 0.15) is 5.82 Å². The SMILES string of the molecule is O=C(NCCCn1ccccc1=O)N1CCCN(Cc2cccc(F)c2)CC1. The summed E-state index contributed by atoms with van der Waals surface area (Å²) in [6, 6.07) is 11.7. The summed E-state index contributed by atoms with van der Waals surface area (Å²) in [6.07, 6.45) is 3.35. The molecule has 7 heteroatoms. The average molecular weight is 386 g/mol. The quantitative estimate of drug-likeness (QED) is 0.775. The standard InChI is InChI=1S/C21H27FN4O2/c22-19-7-3-6-18(16-19)17-24-10-5-13-26(15-14-24)21(28)23-9-4-12-25-11-2-1-8-20(25)27/h1-3,6-8,11,16H,4-5,9-10,12-15,17H2,(H,23,28). The number of carbonyl (C=O) groups is 1. The number of hydrogen-bond donors (Lipinski definition) is 1. The van der Waals surface area contributed by atoms with E-state index in [1.165, 1.54) is 12.1 Å². The van der Waals surface area contributed by atoms with Crippen LogP contribution >= 0.6 is 0 Å². The first-order valence-electron chi connectivity index (χ1n) is 9.77. The molecule has 0 aliphatic carbocycles. The summed E-state index contributed by atoms with van der Waals surface area (Å²) in [6.45, 7) is 4.83. The van der Waals surface area contributed by atoms with Crippen molar-refractivity contribution in [3.05, 3.63) is 70.4 Å². The number of nitrogens with one attached hydrogen (secondary N) is 1. The number of hydrogen-bond acceptors (Lipinski definition) is 3. The second kappa shape index (κ2) is 10.0. The Labute approximate surface area is 164 Å². The minimum Gasteiger partial charge on any atom is -0.338 e. The van der Waals surface area contributed by atoms with Crippen LogP contribution in [-0.4, -0.2) is 53.1 Å². The highest BCUT2D eigenvalue weighted by molar-refractivity contribution is 5.74. The van der Waals surface area contributed by atoms with Crippen LogP contribution in [-0.2, 0) is 13.1 Å². The third kappa shape index (κ3) is 5.92. The van der Waals surface area contributed by atoms with Gasteiger partial charge in [-0.3, -0.25) is 9.69 Å². The van der Waals surface area contributed by atoms with Crippen LogP contribution in [0.5, 0.6) is 0 Å². The lowest BCUT2D eigenvalue weighted by atomic mass is 10.2. The lowest BCUT2D eigenvalue weighted by Gasteiger charge is -2.22. The zero-order chi connectivity index (χ0) is 19.8. The van der Waals surface area contributed by atoms with Crippen LogP contribution in [0.3, 0.4) is 0 Å². The lowest BCUT2D eigenvalue weighted by Crippen LogP contribution is -2.42. The Morgan fingerprint density at radius 3 is 2.79 bits per heavy atom. The number of halogens is 1. The smallest absolute Gasteiger partial charge is 0.317 e. The highest BCUT2D eigenvalue weighted by Gasteiger charge is 2.18. The van der Waals surface area contributed by atoms with Crippen molar-refractivity contribution in [2.75, 3.05) is 32.7 Å². The first kappa shape index (κ1) is 20.1. The molecular formula is C21H27FN4O2. The van der Waals surface area contributed by atoms with Gasteiger partial charge in [0.2, 0.25) is 5.56 Å². The molecule has 0 saturated carbocycles. The van der Waals surface area contributed by atoms with E-state index in [9.17, 15) is 14.0 Å². The topological polar surface area (TPSA) is 57.6 Å². The Morgan fingerprint density at radius 2 is 1.96 bits per heavy atom. The van der Waals surface area contributed by atoms with E-state index in [-0.39, 0.29) is 17.4 Å². The van der Waals surface area contributed by atoms with Crippen molar-refractivity contribution in [1.82, 2.24) is 19.7 Å². The molecule has 0 spiro atoms. The van der Waals surface area contributed by atoms with Gasteiger partial charge in [0, 0.05) is 58.1 Å². The van der Waals surface area contributed by atoms with E-state index in [2.05, 4.69) is 10.2 Å². The number of nitrogens with zero attached hydrogens (tertiary/aromatic N) is 3. The van der Waals surface area contributed by atoms with Crippen molar-refractivity contribution < 1.29 is 9.18 Å².